The summed E-state index contributed by atoms with van der Waals surface area (Å²) in [4.78, 5) is 72.6. The van der Waals surface area contributed by atoms with Gasteiger partial charge in [0.25, 0.3) is 0 Å². The van der Waals surface area contributed by atoms with Crippen molar-refractivity contribution in [3.05, 3.63) is 146 Å². The van der Waals surface area contributed by atoms with E-state index < -0.39 is 35.8 Å². The molecule has 0 unspecified atom stereocenters. The number of benzene rings is 6. The number of carbonyl (C=O) groups excluding carboxylic acids is 6. The number of hydrogen-bond donors (Lipinski definition) is 0. The predicted octanol–water partition coefficient (Wildman–Crippen LogP) is -4.92. The van der Waals surface area contributed by atoms with Crippen LogP contribution < -0.4 is 128 Å². The maximum Gasteiger partial charge on any atom is 1.00 e. The largest absolute Gasteiger partial charge is 1.00 e. The molecule has 0 amide bonds. The number of rotatable bonds is 8. The van der Waals surface area contributed by atoms with Gasteiger partial charge in [0, 0.05) is 47.2 Å². The van der Waals surface area contributed by atoms with Gasteiger partial charge in [-0.2, -0.15) is 0 Å². The SMILES string of the molecule is O=C(/C=C/C(=O)OC(=O)/C=C/C(=O)Oc1cccc2cc3ccccc3cc12)OC(=O)/C=C/C(=O)Oc1cccc2cc3ccccc3cc12.[H-].[H-].[H-].[H-].[Na+].[Na+].[Na+].[Na+]. The molecule has 252 valence electrons. The molecule has 0 aliphatic carbocycles. The average Bonchev–Trinajstić information content (AvgIpc) is 3.11. The summed E-state index contributed by atoms with van der Waals surface area (Å²) in [6.07, 6.45) is 4.02. The molecule has 6 aromatic carbocycles. The molecule has 0 fully saturated rings. The Morgan fingerprint density at radius 1 is 0.352 bits per heavy atom. The quantitative estimate of drug-likeness (QED) is 0.0371. The molecule has 54 heavy (non-hydrogen) atoms. The van der Waals surface area contributed by atoms with E-state index in [9.17, 15) is 28.8 Å². The zero-order valence-electron chi connectivity index (χ0n) is 33.9. The fraction of sp³-hybridized carbons (Fsp3) is 0. The van der Waals surface area contributed by atoms with Crippen LogP contribution in [0.1, 0.15) is 5.71 Å². The summed E-state index contributed by atoms with van der Waals surface area (Å²) in [5.41, 5.74) is 0. The summed E-state index contributed by atoms with van der Waals surface area (Å²) in [5.74, 6) is -6.23. The number of ether oxygens (including phenoxy) is 4. The van der Waals surface area contributed by atoms with Crippen LogP contribution in [0.25, 0.3) is 43.1 Å². The number of fused-ring (bicyclic) bond motifs is 4. The molecule has 0 radical (unpaired) electrons. The molecule has 0 aromatic heterocycles. The van der Waals surface area contributed by atoms with Gasteiger partial charge in [-0.3, -0.25) is 0 Å². The molecule has 0 saturated heterocycles. The summed E-state index contributed by atoms with van der Waals surface area (Å²) in [6, 6.07) is 33.5. The molecule has 14 heteroatoms. The Bertz CT molecular complexity index is 2320. The van der Waals surface area contributed by atoms with E-state index in [2.05, 4.69) is 9.47 Å². The van der Waals surface area contributed by atoms with E-state index in [4.69, 9.17) is 9.47 Å². The smallest absolute Gasteiger partial charge is 1.00 e. The van der Waals surface area contributed by atoms with Crippen LogP contribution >= 0.6 is 0 Å². The summed E-state index contributed by atoms with van der Waals surface area (Å²) in [7, 11) is 0. The second-order valence-electron chi connectivity index (χ2n) is 10.7. The first-order chi connectivity index (χ1) is 24.2. The van der Waals surface area contributed by atoms with Gasteiger partial charge in [-0.1, -0.05) is 72.8 Å². The minimum absolute atomic E-state index is 0. The van der Waals surface area contributed by atoms with Crippen molar-refractivity contribution < 1.29 is 172 Å². The van der Waals surface area contributed by atoms with Crippen molar-refractivity contribution in [1.82, 2.24) is 0 Å². The number of hydrogen-bond acceptors (Lipinski definition) is 10. The molecule has 0 atom stereocenters. The van der Waals surface area contributed by atoms with Gasteiger partial charge in [-0.05, 0) is 68.7 Å². The Morgan fingerprint density at radius 2 is 0.630 bits per heavy atom. The van der Waals surface area contributed by atoms with E-state index in [1.165, 1.54) is 0 Å². The molecular formula is C40H28Na4O10. The van der Waals surface area contributed by atoms with Crippen molar-refractivity contribution in [2.45, 2.75) is 0 Å². The molecule has 0 spiro atoms. The van der Waals surface area contributed by atoms with Crippen molar-refractivity contribution in [1.29, 1.82) is 0 Å². The third kappa shape index (κ3) is 12.7. The summed E-state index contributed by atoms with van der Waals surface area (Å²) < 4.78 is 19.7. The van der Waals surface area contributed by atoms with Crippen LogP contribution in [0, 0.1) is 0 Å². The van der Waals surface area contributed by atoms with Crippen molar-refractivity contribution >= 4 is 78.9 Å². The van der Waals surface area contributed by atoms with E-state index >= 15 is 0 Å². The van der Waals surface area contributed by atoms with Crippen molar-refractivity contribution in [2.24, 2.45) is 0 Å². The number of esters is 6. The van der Waals surface area contributed by atoms with E-state index in [0.29, 0.717) is 35.1 Å². The van der Waals surface area contributed by atoms with E-state index in [0.717, 1.165) is 44.5 Å². The third-order valence-corrected chi connectivity index (χ3v) is 7.30. The molecule has 6 rings (SSSR count). The monoisotopic (exact) mass is 760 g/mol. The summed E-state index contributed by atoms with van der Waals surface area (Å²) in [5, 5.41) is 7.00. The Hall–Kier alpha value is -3.20. The first-order valence-electron chi connectivity index (χ1n) is 15.0. The first kappa shape index (κ1) is 47.0. The molecular weight excluding hydrogens is 732 g/mol. The molecule has 0 aliphatic heterocycles. The van der Waals surface area contributed by atoms with E-state index in [1.807, 2.05) is 84.9 Å². The Morgan fingerprint density at radius 3 is 0.963 bits per heavy atom. The summed E-state index contributed by atoms with van der Waals surface area (Å²) in [6.45, 7) is 0. The Balaban J connectivity index is -0.00000378. The zero-order valence-corrected chi connectivity index (χ0v) is 37.9. The van der Waals surface area contributed by atoms with Gasteiger partial charge in [0.2, 0.25) is 0 Å². The molecule has 0 saturated carbocycles. The fourth-order valence-electron chi connectivity index (χ4n) is 5.08. The van der Waals surface area contributed by atoms with Crippen LogP contribution in [0.4, 0.5) is 0 Å². The zero-order chi connectivity index (χ0) is 35.0. The average molecular weight is 761 g/mol. The second kappa shape index (κ2) is 22.4. The molecule has 10 nitrogen and oxygen atoms in total. The van der Waals surface area contributed by atoms with Gasteiger partial charge in [0.05, 0.1) is 0 Å². The van der Waals surface area contributed by atoms with Crippen molar-refractivity contribution in [3.8, 4) is 11.5 Å². The molecule has 0 heterocycles. The maximum absolute atomic E-state index is 12.4. The van der Waals surface area contributed by atoms with Crippen LogP contribution in [-0.4, -0.2) is 35.8 Å². The number of carbonyl (C=O) groups is 6. The van der Waals surface area contributed by atoms with E-state index in [-0.39, 0.29) is 135 Å². The molecule has 0 aliphatic rings. The van der Waals surface area contributed by atoms with Crippen LogP contribution in [0.5, 0.6) is 11.5 Å². The van der Waals surface area contributed by atoms with Crippen LogP contribution in [-0.2, 0) is 38.2 Å². The molecule has 0 N–H and O–H groups in total. The first-order valence-corrected chi connectivity index (χ1v) is 15.0. The van der Waals surface area contributed by atoms with Crippen molar-refractivity contribution in [2.75, 3.05) is 0 Å². The van der Waals surface area contributed by atoms with Gasteiger partial charge in [0.15, 0.2) is 0 Å². The standard InChI is InChI=1S/C40H24O10.4Na.4H/c41-35(47-33-13-5-11-29-21-25-7-1-3-9-27(25)23-31(29)33)15-17-37(43)49-39(45)19-20-40(46)50-38(44)18-16-36(42)48-34-14-6-12-30-22-26-8-2-4-10-28(26)24-32(30)34;;;;;;;;/h1-24H;;;;;;;;/q;4*+1;4*-1/b17-15+,18-16+,20-19+;;;;;;;;. The Labute approximate surface area is 403 Å². The predicted molar refractivity (Wildman–Crippen MR) is 188 cm³/mol. The van der Waals surface area contributed by atoms with Crippen LogP contribution in [0.3, 0.4) is 0 Å². The second-order valence-corrected chi connectivity index (χ2v) is 10.7. The summed E-state index contributed by atoms with van der Waals surface area (Å²) >= 11 is 0. The normalized spacial score (nSPS) is 10.6. The Kier molecular flexibility index (Phi) is 19.5. The van der Waals surface area contributed by atoms with Gasteiger partial charge in [0.1, 0.15) is 11.5 Å². The van der Waals surface area contributed by atoms with Gasteiger partial charge in [-0.15, -0.1) is 0 Å². The van der Waals surface area contributed by atoms with Crippen LogP contribution in [0.2, 0.25) is 0 Å². The van der Waals surface area contributed by atoms with Gasteiger partial charge < -0.3 is 24.7 Å². The van der Waals surface area contributed by atoms with Crippen LogP contribution in [0.15, 0.2) is 146 Å². The van der Waals surface area contributed by atoms with Gasteiger partial charge in [-0.25, -0.2) is 28.8 Å². The molecule has 0 bridgehead atoms. The topological polar surface area (TPSA) is 139 Å². The minimum Gasteiger partial charge on any atom is -1.00 e. The maximum atomic E-state index is 12.4. The van der Waals surface area contributed by atoms with Gasteiger partial charge >= 0.3 is 154 Å². The van der Waals surface area contributed by atoms with Crippen molar-refractivity contribution in [3.63, 3.8) is 0 Å². The fourth-order valence-corrected chi connectivity index (χ4v) is 5.08. The minimum atomic E-state index is -1.28. The molecule has 6 aromatic rings. The third-order valence-electron chi connectivity index (χ3n) is 7.30. The van der Waals surface area contributed by atoms with E-state index in [1.54, 1.807) is 24.3 Å².